The Morgan fingerprint density at radius 2 is 1.84 bits per heavy atom. The molecule has 0 radical (unpaired) electrons. The van der Waals surface area contributed by atoms with Crippen LogP contribution in [-0.4, -0.2) is 25.0 Å². The number of carbonyl (C=O) groups excluding carboxylic acids is 2. The van der Waals surface area contributed by atoms with E-state index >= 15 is 0 Å². The first-order chi connectivity index (χ1) is 12.0. The van der Waals surface area contributed by atoms with Crippen molar-refractivity contribution in [1.82, 2.24) is 0 Å². The van der Waals surface area contributed by atoms with Crippen LogP contribution >= 0.6 is 0 Å². The molecule has 2 aromatic carbocycles. The summed E-state index contributed by atoms with van der Waals surface area (Å²) in [4.78, 5) is 25.7. The van der Waals surface area contributed by atoms with Crippen LogP contribution in [-0.2, 0) is 9.53 Å². The molecule has 0 bridgehead atoms. The van der Waals surface area contributed by atoms with Gasteiger partial charge in [0.15, 0.2) is 6.61 Å². The van der Waals surface area contributed by atoms with Crippen LogP contribution in [0.5, 0.6) is 0 Å². The van der Waals surface area contributed by atoms with E-state index in [9.17, 15) is 14.0 Å². The SMILES string of the molecule is Cc1ccc(N(CCC#N)C(=O)COC(=O)c2ccccc2F)cc1. The maximum Gasteiger partial charge on any atom is 0.341 e. The molecule has 0 N–H and O–H groups in total. The number of nitriles is 1. The number of ether oxygens (including phenoxy) is 1. The highest BCUT2D eigenvalue weighted by Crippen LogP contribution is 2.16. The summed E-state index contributed by atoms with van der Waals surface area (Å²) in [6, 6.07) is 14.6. The van der Waals surface area contributed by atoms with Crippen LogP contribution in [0.2, 0.25) is 0 Å². The third-order valence-electron chi connectivity index (χ3n) is 3.51. The summed E-state index contributed by atoms with van der Waals surface area (Å²) in [5.41, 5.74) is 1.41. The fourth-order valence-electron chi connectivity index (χ4n) is 2.19. The van der Waals surface area contributed by atoms with Crippen molar-refractivity contribution in [2.24, 2.45) is 0 Å². The van der Waals surface area contributed by atoms with E-state index in [2.05, 4.69) is 0 Å². The fraction of sp³-hybridized carbons (Fsp3) is 0.211. The Morgan fingerprint density at radius 1 is 1.16 bits per heavy atom. The maximum absolute atomic E-state index is 13.6. The second-order valence-corrected chi connectivity index (χ2v) is 5.35. The van der Waals surface area contributed by atoms with E-state index in [-0.39, 0.29) is 18.5 Å². The van der Waals surface area contributed by atoms with Gasteiger partial charge in [0.25, 0.3) is 5.91 Å². The van der Waals surface area contributed by atoms with Gasteiger partial charge in [0.05, 0.1) is 18.1 Å². The van der Waals surface area contributed by atoms with Crippen molar-refractivity contribution < 1.29 is 18.7 Å². The number of halogens is 1. The molecule has 6 heteroatoms. The van der Waals surface area contributed by atoms with Gasteiger partial charge in [0.1, 0.15) is 5.82 Å². The summed E-state index contributed by atoms with van der Waals surface area (Å²) in [5, 5.41) is 8.77. The Hall–Kier alpha value is -3.20. The summed E-state index contributed by atoms with van der Waals surface area (Å²) < 4.78 is 18.5. The monoisotopic (exact) mass is 340 g/mol. The molecule has 25 heavy (non-hydrogen) atoms. The summed E-state index contributed by atoms with van der Waals surface area (Å²) in [7, 11) is 0. The van der Waals surface area contributed by atoms with Gasteiger partial charge in [-0.25, -0.2) is 9.18 Å². The fourth-order valence-corrected chi connectivity index (χ4v) is 2.19. The summed E-state index contributed by atoms with van der Waals surface area (Å²) in [6.45, 7) is 1.56. The Bertz CT molecular complexity index is 797. The minimum absolute atomic E-state index is 0.140. The number of anilines is 1. The summed E-state index contributed by atoms with van der Waals surface area (Å²) >= 11 is 0. The highest BCUT2D eigenvalue weighted by Gasteiger charge is 2.19. The molecule has 0 fully saturated rings. The van der Waals surface area contributed by atoms with Crippen LogP contribution in [0.4, 0.5) is 10.1 Å². The van der Waals surface area contributed by atoms with Gasteiger partial charge in [-0.1, -0.05) is 29.8 Å². The zero-order chi connectivity index (χ0) is 18.2. The highest BCUT2D eigenvalue weighted by atomic mass is 19.1. The zero-order valence-electron chi connectivity index (χ0n) is 13.7. The van der Waals surface area contributed by atoms with Crippen LogP contribution in [0, 0.1) is 24.1 Å². The number of nitrogens with zero attached hydrogens (tertiary/aromatic N) is 2. The molecular formula is C19H17FN2O3. The molecule has 0 aliphatic heterocycles. The van der Waals surface area contributed by atoms with Crippen molar-refractivity contribution >= 4 is 17.6 Å². The van der Waals surface area contributed by atoms with Gasteiger partial charge in [-0.3, -0.25) is 4.79 Å². The van der Waals surface area contributed by atoms with Crippen LogP contribution < -0.4 is 4.90 Å². The number of esters is 1. The normalized spacial score (nSPS) is 9.96. The van der Waals surface area contributed by atoms with Gasteiger partial charge >= 0.3 is 5.97 Å². The minimum atomic E-state index is -0.907. The maximum atomic E-state index is 13.6. The molecule has 1 amide bonds. The topological polar surface area (TPSA) is 70.4 Å². The second kappa shape index (κ2) is 8.60. The van der Waals surface area contributed by atoms with E-state index in [0.29, 0.717) is 5.69 Å². The number of carbonyl (C=O) groups is 2. The Labute approximate surface area is 145 Å². The van der Waals surface area contributed by atoms with E-state index in [1.165, 1.54) is 23.1 Å². The lowest BCUT2D eigenvalue weighted by atomic mass is 10.2. The molecule has 0 aromatic heterocycles. The van der Waals surface area contributed by atoms with Crippen molar-refractivity contribution in [3.8, 4) is 6.07 Å². The van der Waals surface area contributed by atoms with Crippen molar-refractivity contribution in [2.45, 2.75) is 13.3 Å². The number of rotatable bonds is 6. The molecule has 2 aromatic rings. The Morgan fingerprint density at radius 3 is 2.48 bits per heavy atom. The van der Waals surface area contributed by atoms with E-state index in [4.69, 9.17) is 10.00 Å². The zero-order valence-corrected chi connectivity index (χ0v) is 13.7. The third-order valence-corrected chi connectivity index (χ3v) is 3.51. The van der Waals surface area contributed by atoms with Gasteiger partial charge in [-0.15, -0.1) is 0 Å². The number of amides is 1. The van der Waals surface area contributed by atoms with E-state index < -0.39 is 24.3 Å². The smallest absolute Gasteiger partial charge is 0.341 e. The first kappa shape index (κ1) is 18.1. The lowest BCUT2D eigenvalue weighted by Gasteiger charge is -2.21. The molecule has 2 rings (SSSR count). The first-order valence-corrected chi connectivity index (χ1v) is 7.68. The van der Waals surface area contributed by atoms with Crippen molar-refractivity contribution in [2.75, 3.05) is 18.1 Å². The van der Waals surface area contributed by atoms with Crippen LogP contribution in [0.25, 0.3) is 0 Å². The molecule has 0 unspecified atom stereocenters. The Balaban J connectivity index is 2.07. The van der Waals surface area contributed by atoms with E-state index in [0.717, 1.165) is 11.6 Å². The van der Waals surface area contributed by atoms with Gasteiger partial charge in [-0.05, 0) is 31.2 Å². The second-order valence-electron chi connectivity index (χ2n) is 5.35. The number of benzene rings is 2. The molecule has 0 aliphatic carbocycles. The number of aryl methyl sites for hydroxylation is 1. The molecule has 0 heterocycles. The van der Waals surface area contributed by atoms with Crippen LogP contribution in [0.1, 0.15) is 22.3 Å². The molecule has 5 nitrogen and oxygen atoms in total. The van der Waals surface area contributed by atoms with Crippen molar-refractivity contribution in [3.63, 3.8) is 0 Å². The van der Waals surface area contributed by atoms with E-state index in [1.807, 2.05) is 25.1 Å². The molecule has 0 aliphatic rings. The first-order valence-electron chi connectivity index (χ1n) is 7.68. The third kappa shape index (κ3) is 4.88. The summed E-state index contributed by atoms with van der Waals surface area (Å²) in [5.74, 6) is -2.10. The van der Waals surface area contributed by atoms with Crippen molar-refractivity contribution in [1.29, 1.82) is 5.26 Å². The van der Waals surface area contributed by atoms with Gasteiger partial charge in [-0.2, -0.15) is 5.26 Å². The van der Waals surface area contributed by atoms with Crippen LogP contribution in [0.3, 0.4) is 0 Å². The molecule has 0 spiro atoms. The molecule has 0 saturated carbocycles. The summed E-state index contributed by atoms with van der Waals surface area (Å²) in [6.07, 6.45) is 0.140. The number of hydrogen-bond donors (Lipinski definition) is 0. The minimum Gasteiger partial charge on any atom is -0.452 e. The molecule has 0 saturated heterocycles. The predicted molar refractivity (Wildman–Crippen MR) is 90.4 cm³/mol. The van der Waals surface area contributed by atoms with Gasteiger partial charge < -0.3 is 9.64 Å². The highest BCUT2D eigenvalue weighted by molar-refractivity contribution is 5.97. The molecule has 0 atom stereocenters. The lowest BCUT2D eigenvalue weighted by Crippen LogP contribution is -2.35. The largest absolute Gasteiger partial charge is 0.452 e. The average Bonchev–Trinajstić information content (AvgIpc) is 2.61. The average molecular weight is 340 g/mol. The van der Waals surface area contributed by atoms with Crippen molar-refractivity contribution in [3.05, 3.63) is 65.5 Å². The van der Waals surface area contributed by atoms with E-state index in [1.54, 1.807) is 12.1 Å². The standard InChI is InChI=1S/C19H17FN2O3/c1-14-7-9-15(10-8-14)22(12-4-11-21)18(23)13-25-19(24)16-5-2-3-6-17(16)20/h2-3,5-10H,4,12-13H2,1H3. The molecule has 128 valence electrons. The van der Waals surface area contributed by atoms with Crippen LogP contribution in [0.15, 0.2) is 48.5 Å². The number of hydrogen-bond acceptors (Lipinski definition) is 4. The van der Waals surface area contributed by atoms with Gasteiger partial charge in [0.2, 0.25) is 0 Å². The Kier molecular flexibility index (Phi) is 6.24. The predicted octanol–water partition coefficient (Wildman–Crippen LogP) is 3.24. The molecular weight excluding hydrogens is 323 g/mol. The quantitative estimate of drug-likeness (QED) is 0.757. The lowest BCUT2D eigenvalue weighted by molar-refractivity contribution is -0.121. The van der Waals surface area contributed by atoms with Gasteiger partial charge in [0, 0.05) is 12.2 Å².